The zero-order valence-electron chi connectivity index (χ0n) is 13.2. The van der Waals surface area contributed by atoms with E-state index in [0.717, 1.165) is 34.1 Å². The maximum atomic E-state index is 12.8. The van der Waals surface area contributed by atoms with E-state index in [1.807, 2.05) is 42.5 Å². The number of carbonyl (C=O) groups excluding carboxylic acids is 2. The van der Waals surface area contributed by atoms with E-state index in [2.05, 4.69) is 0 Å². The predicted octanol–water partition coefficient (Wildman–Crippen LogP) is 3.82. The average molecular weight is 317 g/mol. The van der Waals surface area contributed by atoms with Gasteiger partial charge in [-0.1, -0.05) is 30.3 Å². The van der Waals surface area contributed by atoms with Gasteiger partial charge < -0.3 is 9.64 Å². The van der Waals surface area contributed by atoms with E-state index >= 15 is 0 Å². The second-order valence-electron chi connectivity index (χ2n) is 5.76. The first-order chi connectivity index (χ1) is 11.7. The van der Waals surface area contributed by atoms with Crippen molar-refractivity contribution in [3.8, 4) is 5.75 Å². The number of rotatable bonds is 4. The molecule has 1 aliphatic rings. The summed E-state index contributed by atoms with van der Waals surface area (Å²) in [4.78, 5) is 25.8. The molecule has 1 heterocycles. The summed E-state index contributed by atoms with van der Waals surface area (Å²) in [6.45, 7) is 0.479. The monoisotopic (exact) mass is 317 g/mol. The van der Waals surface area contributed by atoms with Crippen LogP contribution in [0.15, 0.2) is 54.6 Å². The standard InChI is InChI=1S/C20H15NO3/c1-24-15-8-5-13(6-9-15)11-21-18-4-2-3-16-14(12-22)7-10-17(19(16)18)20(21)23/h2-10,12H,11H2,1H3. The van der Waals surface area contributed by atoms with Crippen LogP contribution in [0.25, 0.3) is 10.8 Å². The minimum Gasteiger partial charge on any atom is -0.497 e. The SMILES string of the molecule is COc1ccc(CN2C(=O)c3ccc(C=O)c4cccc2c34)cc1. The lowest BCUT2D eigenvalue weighted by atomic mass is 10.0. The highest BCUT2D eigenvalue weighted by atomic mass is 16.5. The van der Waals surface area contributed by atoms with Crippen molar-refractivity contribution in [3.05, 3.63) is 71.3 Å². The molecule has 0 unspecified atom stereocenters. The maximum absolute atomic E-state index is 12.8. The molecular weight excluding hydrogens is 302 g/mol. The molecule has 0 atom stereocenters. The first-order valence-corrected chi connectivity index (χ1v) is 7.68. The summed E-state index contributed by atoms with van der Waals surface area (Å²) in [5, 5.41) is 1.69. The number of hydrogen-bond donors (Lipinski definition) is 0. The molecule has 1 amide bonds. The van der Waals surface area contributed by atoms with Gasteiger partial charge in [0.25, 0.3) is 5.91 Å². The van der Waals surface area contributed by atoms with Crippen LogP contribution in [-0.2, 0) is 6.54 Å². The van der Waals surface area contributed by atoms with E-state index < -0.39 is 0 Å². The Balaban J connectivity index is 1.79. The largest absolute Gasteiger partial charge is 0.497 e. The molecule has 0 fully saturated rings. The van der Waals surface area contributed by atoms with Gasteiger partial charge in [0.05, 0.1) is 19.3 Å². The molecule has 0 N–H and O–H groups in total. The van der Waals surface area contributed by atoms with Crippen molar-refractivity contribution in [2.75, 3.05) is 12.0 Å². The van der Waals surface area contributed by atoms with Crippen molar-refractivity contribution in [1.29, 1.82) is 0 Å². The molecule has 4 heteroatoms. The third-order valence-electron chi connectivity index (χ3n) is 4.45. The maximum Gasteiger partial charge on any atom is 0.259 e. The Morgan fingerprint density at radius 1 is 1.04 bits per heavy atom. The summed E-state index contributed by atoms with van der Waals surface area (Å²) >= 11 is 0. The number of anilines is 1. The van der Waals surface area contributed by atoms with Gasteiger partial charge in [0.15, 0.2) is 6.29 Å². The molecule has 24 heavy (non-hydrogen) atoms. The molecule has 0 aliphatic carbocycles. The second kappa shape index (κ2) is 5.49. The number of carbonyl (C=O) groups is 2. The normalized spacial score (nSPS) is 12.7. The first-order valence-electron chi connectivity index (χ1n) is 7.68. The molecule has 0 bridgehead atoms. The molecule has 0 radical (unpaired) electrons. The number of benzene rings is 3. The summed E-state index contributed by atoms with van der Waals surface area (Å²) in [6, 6.07) is 16.8. The van der Waals surface area contributed by atoms with E-state index in [1.54, 1.807) is 24.1 Å². The van der Waals surface area contributed by atoms with Crippen LogP contribution in [0.1, 0.15) is 26.3 Å². The number of methoxy groups -OCH3 is 1. The van der Waals surface area contributed by atoms with Gasteiger partial charge in [-0.15, -0.1) is 0 Å². The lowest BCUT2D eigenvalue weighted by Gasteiger charge is -2.18. The number of aldehydes is 1. The summed E-state index contributed by atoms with van der Waals surface area (Å²) in [5.41, 5.74) is 3.13. The number of amides is 1. The lowest BCUT2D eigenvalue weighted by Crippen LogP contribution is -2.25. The van der Waals surface area contributed by atoms with Gasteiger partial charge in [-0.2, -0.15) is 0 Å². The van der Waals surface area contributed by atoms with Gasteiger partial charge in [-0.25, -0.2) is 0 Å². The van der Waals surface area contributed by atoms with Crippen LogP contribution >= 0.6 is 0 Å². The molecule has 4 rings (SSSR count). The van der Waals surface area contributed by atoms with E-state index in [-0.39, 0.29) is 5.91 Å². The number of hydrogen-bond acceptors (Lipinski definition) is 3. The number of ether oxygens (including phenoxy) is 1. The molecule has 0 saturated heterocycles. The van der Waals surface area contributed by atoms with Crippen molar-refractivity contribution in [1.82, 2.24) is 0 Å². The molecule has 3 aromatic rings. The topological polar surface area (TPSA) is 46.6 Å². The zero-order chi connectivity index (χ0) is 16.7. The van der Waals surface area contributed by atoms with Gasteiger partial charge in [-0.05, 0) is 35.2 Å². The smallest absolute Gasteiger partial charge is 0.259 e. The van der Waals surface area contributed by atoms with E-state index in [0.29, 0.717) is 17.7 Å². The Labute approximate surface area is 139 Å². The van der Waals surface area contributed by atoms with Crippen LogP contribution in [-0.4, -0.2) is 19.3 Å². The van der Waals surface area contributed by atoms with E-state index in [1.165, 1.54) is 0 Å². The summed E-state index contributed by atoms with van der Waals surface area (Å²) in [6.07, 6.45) is 0.833. The predicted molar refractivity (Wildman–Crippen MR) is 92.8 cm³/mol. The highest BCUT2D eigenvalue weighted by molar-refractivity contribution is 6.26. The fourth-order valence-electron chi connectivity index (χ4n) is 3.24. The van der Waals surface area contributed by atoms with Gasteiger partial charge in [-0.3, -0.25) is 9.59 Å². The first kappa shape index (κ1) is 14.5. The molecule has 0 spiro atoms. The second-order valence-corrected chi connectivity index (χ2v) is 5.76. The minimum absolute atomic E-state index is 0.0329. The van der Waals surface area contributed by atoms with E-state index in [4.69, 9.17) is 4.74 Å². The van der Waals surface area contributed by atoms with Crippen molar-refractivity contribution < 1.29 is 14.3 Å². The van der Waals surface area contributed by atoms with Crippen molar-refractivity contribution in [2.24, 2.45) is 0 Å². The summed E-state index contributed by atoms with van der Waals surface area (Å²) in [7, 11) is 1.63. The van der Waals surface area contributed by atoms with Gasteiger partial charge in [0, 0.05) is 16.5 Å². The Hall–Kier alpha value is -3.14. The molecule has 0 aromatic heterocycles. The van der Waals surface area contributed by atoms with Crippen LogP contribution in [0.4, 0.5) is 5.69 Å². The molecule has 3 aromatic carbocycles. The lowest BCUT2D eigenvalue weighted by molar-refractivity contribution is 0.0991. The Morgan fingerprint density at radius 3 is 2.54 bits per heavy atom. The fraction of sp³-hybridized carbons (Fsp3) is 0.100. The minimum atomic E-state index is -0.0329. The highest BCUT2D eigenvalue weighted by Crippen LogP contribution is 2.39. The van der Waals surface area contributed by atoms with Crippen molar-refractivity contribution in [3.63, 3.8) is 0 Å². The Bertz CT molecular complexity index is 961. The third kappa shape index (κ3) is 2.07. The van der Waals surface area contributed by atoms with E-state index in [9.17, 15) is 9.59 Å². The molecule has 1 aliphatic heterocycles. The van der Waals surface area contributed by atoms with Crippen LogP contribution < -0.4 is 9.64 Å². The van der Waals surface area contributed by atoms with Crippen LogP contribution in [0, 0.1) is 0 Å². The molecular formula is C20H15NO3. The van der Waals surface area contributed by atoms with Crippen LogP contribution in [0.3, 0.4) is 0 Å². The fourth-order valence-corrected chi connectivity index (χ4v) is 3.24. The summed E-state index contributed by atoms with van der Waals surface area (Å²) in [5.74, 6) is 0.752. The zero-order valence-corrected chi connectivity index (χ0v) is 13.2. The molecule has 4 nitrogen and oxygen atoms in total. The van der Waals surface area contributed by atoms with Crippen LogP contribution in [0.5, 0.6) is 5.75 Å². The quantitative estimate of drug-likeness (QED) is 0.687. The molecule has 118 valence electrons. The van der Waals surface area contributed by atoms with Gasteiger partial charge in [0.1, 0.15) is 5.75 Å². The Kier molecular flexibility index (Phi) is 3.31. The average Bonchev–Trinajstić information content (AvgIpc) is 2.90. The van der Waals surface area contributed by atoms with Gasteiger partial charge >= 0.3 is 0 Å². The number of nitrogens with zero attached hydrogens (tertiary/aromatic N) is 1. The van der Waals surface area contributed by atoms with Crippen molar-refractivity contribution in [2.45, 2.75) is 6.54 Å². The third-order valence-corrected chi connectivity index (χ3v) is 4.45. The summed E-state index contributed by atoms with van der Waals surface area (Å²) < 4.78 is 5.17. The highest BCUT2D eigenvalue weighted by Gasteiger charge is 2.30. The van der Waals surface area contributed by atoms with Crippen LogP contribution in [0.2, 0.25) is 0 Å². The molecule has 0 saturated carbocycles. The Morgan fingerprint density at radius 2 is 1.83 bits per heavy atom. The van der Waals surface area contributed by atoms with Crippen molar-refractivity contribution >= 4 is 28.7 Å². The van der Waals surface area contributed by atoms with Gasteiger partial charge in [0.2, 0.25) is 0 Å².